The summed E-state index contributed by atoms with van der Waals surface area (Å²) in [6.45, 7) is 4.87. The maximum atomic E-state index is 13.7. The number of hydrogen-bond acceptors (Lipinski definition) is 11. The number of phenols is 2. The number of imide groups is 1. The van der Waals surface area contributed by atoms with E-state index in [1.165, 1.54) is 11.0 Å². The van der Waals surface area contributed by atoms with Crippen molar-refractivity contribution >= 4 is 53.8 Å². The van der Waals surface area contributed by atoms with Crippen LogP contribution in [-0.4, -0.2) is 108 Å². The van der Waals surface area contributed by atoms with Crippen molar-refractivity contribution in [3.63, 3.8) is 0 Å². The van der Waals surface area contributed by atoms with Gasteiger partial charge >= 0.3 is 47.4 Å². The van der Waals surface area contributed by atoms with Crippen LogP contribution in [0.1, 0.15) is 32.4 Å². The molecule has 1 aromatic carbocycles. The maximum Gasteiger partial charge on any atom is 1.00 e. The number of aromatic hydroxyl groups is 2. The van der Waals surface area contributed by atoms with Gasteiger partial charge in [0.25, 0.3) is 5.91 Å². The second-order valence-electron chi connectivity index (χ2n) is 10.0. The monoisotopic (exact) mass is 614 g/mol. The SMILES string of the molecule is CCN1CCN(C(=O)N[C@@H](C(=O)N[C@]2(NC=O)C(=O)N3[C@@H](C(=O)[O-])C(C)(C)S[C@@H]32)c2ccc(O)c(O)c2)C(=O)C1=O.[Na+]. The van der Waals surface area contributed by atoms with Crippen molar-refractivity contribution in [2.24, 2.45) is 0 Å². The molecule has 18 heteroatoms. The second-order valence-corrected chi connectivity index (χ2v) is 11.8. The van der Waals surface area contributed by atoms with Crippen LogP contribution in [0.4, 0.5) is 4.79 Å². The number of hydrogen-bond donors (Lipinski definition) is 5. The Morgan fingerprint density at radius 2 is 1.81 bits per heavy atom. The zero-order chi connectivity index (χ0) is 30.4. The Balaban J connectivity index is 0.00000484. The van der Waals surface area contributed by atoms with Gasteiger partial charge in [-0.2, -0.15) is 0 Å². The van der Waals surface area contributed by atoms with Crippen molar-refractivity contribution in [2.45, 2.75) is 48.6 Å². The third-order valence-electron chi connectivity index (χ3n) is 7.18. The van der Waals surface area contributed by atoms with Gasteiger partial charge in [0.2, 0.25) is 18.0 Å². The molecule has 0 aromatic heterocycles. The minimum atomic E-state index is -2.12. The normalized spacial score (nSPS) is 25.0. The zero-order valence-electron chi connectivity index (χ0n) is 23.1. The van der Waals surface area contributed by atoms with Crippen molar-refractivity contribution in [3.8, 4) is 11.5 Å². The number of rotatable bonds is 8. The molecule has 16 nitrogen and oxygen atoms in total. The molecular weight excluding hydrogens is 587 g/mol. The van der Waals surface area contributed by atoms with Crippen LogP contribution in [0.3, 0.4) is 0 Å². The number of likely N-dealkylation sites (N-methyl/N-ethyl adjacent to an activating group) is 1. The summed E-state index contributed by atoms with van der Waals surface area (Å²) in [5, 5.41) is 37.4. The molecular formula is C24H27N6NaO10S. The van der Waals surface area contributed by atoms with Crippen LogP contribution in [0.15, 0.2) is 18.2 Å². The van der Waals surface area contributed by atoms with Gasteiger partial charge in [-0.3, -0.25) is 28.9 Å². The molecule has 42 heavy (non-hydrogen) atoms. The smallest absolute Gasteiger partial charge is 0.548 e. The number of carboxylic acids is 1. The van der Waals surface area contributed by atoms with Crippen molar-refractivity contribution in [2.75, 3.05) is 19.6 Å². The molecule has 3 aliphatic rings. The van der Waals surface area contributed by atoms with Crippen LogP contribution >= 0.6 is 11.8 Å². The molecule has 3 fully saturated rings. The molecule has 1 aromatic rings. The number of benzene rings is 1. The van der Waals surface area contributed by atoms with E-state index >= 15 is 0 Å². The van der Waals surface area contributed by atoms with Gasteiger partial charge in [0.15, 0.2) is 11.5 Å². The number of piperazine rings is 1. The summed E-state index contributed by atoms with van der Waals surface area (Å²) >= 11 is 0.991. The first-order valence-corrected chi connectivity index (χ1v) is 13.3. The Labute approximate surface area is 265 Å². The van der Waals surface area contributed by atoms with Gasteiger partial charge in [-0.05, 0) is 38.5 Å². The Morgan fingerprint density at radius 3 is 2.38 bits per heavy atom. The van der Waals surface area contributed by atoms with Crippen LogP contribution in [0.5, 0.6) is 11.5 Å². The standard InChI is InChI=1S/C24H28N6O10S.Na/c1-4-28-7-8-29(18(36)17(28)35)22(40)26-14(11-5-6-12(32)13(33)9-11)16(34)27-24(25-10-31)20(39)30-15(19(37)38)23(2,3)41-21(24)30;/h5-6,9-10,14-15,21,32-33H,4,7-8H2,1-3H3,(H,25,31)(H,26,40)(H,27,34)(H,37,38);/q;+1/p-1/t14-,15+,21-,24-;/m1./s1. The molecule has 0 unspecified atom stereocenters. The Morgan fingerprint density at radius 1 is 1.14 bits per heavy atom. The summed E-state index contributed by atoms with van der Waals surface area (Å²) in [5.74, 6) is -6.85. The maximum absolute atomic E-state index is 13.7. The number of thioether (sulfide) groups is 1. The average molecular weight is 615 g/mol. The molecule has 4 atom stereocenters. The fraction of sp³-hybridized carbons (Fsp3) is 0.458. The van der Waals surface area contributed by atoms with Gasteiger partial charge in [-0.25, -0.2) is 4.79 Å². The van der Waals surface area contributed by atoms with Gasteiger partial charge in [0.05, 0.1) is 12.0 Å². The Bertz CT molecular complexity index is 1360. The van der Waals surface area contributed by atoms with E-state index in [4.69, 9.17) is 0 Å². The van der Waals surface area contributed by atoms with Crippen LogP contribution in [0, 0.1) is 0 Å². The molecule has 3 heterocycles. The van der Waals surface area contributed by atoms with Crippen LogP contribution in [-0.2, 0) is 28.8 Å². The predicted molar refractivity (Wildman–Crippen MR) is 136 cm³/mol. The quantitative estimate of drug-likeness (QED) is 0.0462. The van der Waals surface area contributed by atoms with E-state index in [2.05, 4.69) is 16.0 Å². The van der Waals surface area contributed by atoms with Crippen LogP contribution in [0.25, 0.3) is 0 Å². The summed E-state index contributed by atoms with van der Waals surface area (Å²) in [6, 6.07) is -1.09. The molecule has 220 valence electrons. The number of nitrogens with zero attached hydrogens (tertiary/aromatic N) is 3. The third kappa shape index (κ3) is 5.36. The summed E-state index contributed by atoms with van der Waals surface area (Å²) in [6.07, 6.45) is 0.146. The van der Waals surface area contributed by atoms with E-state index in [9.17, 15) is 48.9 Å². The second kappa shape index (κ2) is 12.0. The minimum absolute atomic E-state index is 0. The van der Waals surface area contributed by atoms with E-state index in [1.807, 2.05) is 0 Å². The van der Waals surface area contributed by atoms with Gasteiger partial charge < -0.3 is 45.9 Å². The van der Waals surface area contributed by atoms with Gasteiger partial charge in [-0.15, -0.1) is 11.8 Å². The summed E-state index contributed by atoms with van der Waals surface area (Å²) in [5.41, 5.74) is -2.22. The van der Waals surface area contributed by atoms with Crippen LogP contribution in [0.2, 0.25) is 0 Å². The van der Waals surface area contributed by atoms with Crippen molar-refractivity contribution in [1.29, 1.82) is 0 Å². The van der Waals surface area contributed by atoms with Gasteiger partial charge in [0.1, 0.15) is 11.4 Å². The van der Waals surface area contributed by atoms with Crippen LogP contribution < -0.4 is 50.6 Å². The third-order valence-corrected chi connectivity index (χ3v) is 8.81. The van der Waals surface area contributed by atoms with Crippen molar-refractivity contribution < 1.29 is 78.4 Å². The number of amides is 7. The number of carbonyl (C=O) groups is 7. The summed E-state index contributed by atoms with van der Waals surface area (Å²) in [4.78, 5) is 91.1. The summed E-state index contributed by atoms with van der Waals surface area (Å²) < 4.78 is -1.07. The molecule has 4 rings (SSSR count). The molecule has 0 aliphatic carbocycles. The molecule has 0 spiro atoms. The summed E-state index contributed by atoms with van der Waals surface area (Å²) in [7, 11) is 0. The number of carboxylic acid groups (broad SMARTS) is 1. The molecule has 0 bridgehead atoms. The first kappa shape index (κ1) is 33.0. The van der Waals surface area contributed by atoms with E-state index < -0.39 is 75.0 Å². The fourth-order valence-electron chi connectivity index (χ4n) is 5.08. The first-order valence-electron chi connectivity index (χ1n) is 12.4. The van der Waals surface area contributed by atoms with Crippen molar-refractivity contribution in [3.05, 3.63) is 23.8 Å². The molecule has 7 amide bonds. The van der Waals surface area contributed by atoms with E-state index in [0.717, 1.165) is 28.8 Å². The number of β-lactam (4-membered cyclic amide) rings is 1. The first-order chi connectivity index (χ1) is 19.2. The molecule has 3 aliphatic heterocycles. The van der Waals surface area contributed by atoms with E-state index in [-0.39, 0.29) is 61.2 Å². The number of phenolic OH excluding ortho intramolecular Hbond substituents is 2. The number of fused-ring (bicyclic) bond motifs is 1. The Kier molecular flexibility index (Phi) is 9.41. The number of aliphatic carboxylic acids is 1. The molecule has 0 radical (unpaired) electrons. The number of carbonyl (C=O) groups excluding carboxylic acids is 7. The fourth-order valence-corrected chi connectivity index (χ4v) is 6.73. The van der Waals surface area contributed by atoms with Gasteiger partial charge in [0, 0.05) is 24.4 Å². The number of nitrogens with one attached hydrogen (secondary N) is 3. The van der Waals surface area contributed by atoms with E-state index in [0.29, 0.717) is 4.90 Å². The van der Waals surface area contributed by atoms with E-state index in [1.54, 1.807) is 20.8 Å². The zero-order valence-corrected chi connectivity index (χ0v) is 25.9. The molecule has 3 saturated heterocycles. The van der Waals surface area contributed by atoms with Crippen molar-refractivity contribution in [1.82, 2.24) is 30.7 Å². The predicted octanol–water partition coefficient (Wildman–Crippen LogP) is -6.09. The minimum Gasteiger partial charge on any atom is -0.548 e. The molecule has 5 N–H and O–H groups in total. The topological polar surface area (TPSA) is 229 Å². The largest absolute Gasteiger partial charge is 1.00 e. The average Bonchev–Trinajstić information content (AvgIpc) is 3.18. The number of urea groups is 1. The Hall–Kier alpha value is -3.54. The molecule has 0 saturated carbocycles. The van der Waals surface area contributed by atoms with Gasteiger partial charge in [-0.1, -0.05) is 6.07 Å².